The van der Waals surface area contributed by atoms with E-state index < -0.39 is 12.1 Å². The number of methoxy groups -OCH3 is 1. The highest BCUT2D eigenvalue weighted by Crippen LogP contribution is 1.99. The van der Waals surface area contributed by atoms with Gasteiger partial charge in [0, 0.05) is 13.2 Å². The fraction of sp³-hybridized carbons (Fsp3) is 0.727. The van der Waals surface area contributed by atoms with E-state index in [0.29, 0.717) is 0 Å². The molecule has 0 fully saturated rings. The maximum atomic E-state index is 9.33. The zero-order chi connectivity index (χ0) is 13.8. The number of hydrogen-bond acceptors (Lipinski definition) is 5. The molecule has 102 valence electrons. The van der Waals surface area contributed by atoms with Gasteiger partial charge in [0.05, 0.1) is 25.4 Å². The minimum absolute atomic E-state index is 0.0336. The molecule has 0 spiro atoms. The molecule has 17 heavy (non-hydrogen) atoms. The summed E-state index contributed by atoms with van der Waals surface area (Å²) in [4.78, 5) is 9.25. The van der Waals surface area contributed by atoms with E-state index in [2.05, 4.69) is 6.58 Å². The highest BCUT2D eigenvalue weighted by Gasteiger charge is 2.14. The van der Waals surface area contributed by atoms with Crippen LogP contribution >= 0.6 is 0 Å². The van der Waals surface area contributed by atoms with E-state index in [1.54, 1.807) is 13.8 Å². The summed E-state index contributed by atoms with van der Waals surface area (Å²) in [5.41, 5.74) is 0. The molecule has 6 nitrogen and oxygen atoms in total. The number of carboxylic acids is 1. The number of carbonyl (C=O) groups is 1. The molecule has 3 atom stereocenters. The Morgan fingerprint density at radius 3 is 2.24 bits per heavy atom. The number of carboxylic acid groups (broad SMARTS) is 1. The first kappa shape index (κ1) is 18.4. The zero-order valence-corrected chi connectivity index (χ0v) is 10.5. The third kappa shape index (κ3) is 13.0. The number of rotatable bonds is 7. The number of aliphatic carboxylic acids is 1. The normalized spacial score (nSPS) is 15.1. The monoisotopic (exact) mass is 250 g/mol. The summed E-state index contributed by atoms with van der Waals surface area (Å²) >= 11 is 0. The van der Waals surface area contributed by atoms with Crippen molar-refractivity contribution in [3.05, 3.63) is 12.7 Å². The smallest absolute Gasteiger partial charge is 0.327 e. The third-order valence-corrected chi connectivity index (χ3v) is 1.90. The van der Waals surface area contributed by atoms with Crippen LogP contribution in [-0.2, 0) is 14.3 Å². The van der Waals surface area contributed by atoms with E-state index in [0.717, 1.165) is 6.08 Å². The zero-order valence-electron chi connectivity index (χ0n) is 10.5. The molecule has 3 unspecified atom stereocenters. The Hall–Kier alpha value is -0.950. The molecular formula is C11H22O6. The van der Waals surface area contributed by atoms with Gasteiger partial charge in [-0.15, -0.1) is 0 Å². The fourth-order valence-electron chi connectivity index (χ4n) is 0.608. The van der Waals surface area contributed by atoms with Gasteiger partial charge in [0.2, 0.25) is 0 Å². The minimum atomic E-state index is -0.981. The highest BCUT2D eigenvalue weighted by molar-refractivity contribution is 5.78. The predicted molar refractivity (Wildman–Crippen MR) is 62.8 cm³/mol. The molecule has 0 aliphatic carbocycles. The van der Waals surface area contributed by atoms with Crippen LogP contribution in [0.4, 0.5) is 0 Å². The summed E-state index contributed by atoms with van der Waals surface area (Å²) in [5.74, 6) is -0.981. The molecule has 0 bridgehead atoms. The van der Waals surface area contributed by atoms with Gasteiger partial charge in [0.25, 0.3) is 0 Å². The molecule has 0 rings (SSSR count). The van der Waals surface area contributed by atoms with Gasteiger partial charge in [0.1, 0.15) is 6.10 Å². The van der Waals surface area contributed by atoms with Crippen LogP contribution in [0.5, 0.6) is 0 Å². The standard InChI is InChI=1S/C8H18O4.C3H4O2/c1-6(4-9)12-5-8(10)7(2)11-3;1-2-3(4)5/h6-10H,4-5H2,1-3H3;2H,1H2,(H,4,5). The van der Waals surface area contributed by atoms with Gasteiger partial charge in [0.15, 0.2) is 0 Å². The summed E-state index contributed by atoms with van der Waals surface area (Å²) < 4.78 is 9.98. The van der Waals surface area contributed by atoms with Crippen LogP contribution in [0, 0.1) is 0 Å². The lowest BCUT2D eigenvalue weighted by Gasteiger charge is -2.19. The molecule has 0 aliphatic heterocycles. The quantitative estimate of drug-likeness (QED) is 0.552. The van der Waals surface area contributed by atoms with Crippen LogP contribution in [0.25, 0.3) is 0 Å². The molecule has 0 saturated carbocycles. The number of ether oxygens (including phenoxy) is 2. The first-order valence-corrected chi connectivity index (χ1v) is 5.17. The molecule has 0 radical (unpaired) electrons. The van der Waals surface area contributed by atoms with Crippen molar-refractivity contribution in [2.75, 3.05) is 20.3 Å². The van der Waals surface area contributed by atoms with E-state index in [1.807, 2.05) is 0 Å². The fourth-order valence-corrected chi connectivity index (χ4v) is 0.608. The maximum Gasteiger partial charge on any atom is 0.327 e. The second-order valence-electron chi connectivity index (χ2n) is 3.38. The van der Waals surface area contributed by atoms with Crippen molar-refractivity contribution in [2.45, 2.75) is 32.2 Å². The maximum absolute atomic E-state index is 9.33. The van der Waals surface area contributed by atoms with Gasteiger partial charge < -0.3 is 24.8 Å². The molecule has 0 aromatic rings. The van der Waals surface area contributed by atoms with E-state index in [1.165, 1.54) is 7.11 Å². The molecule has 0 heterocycles. The SMILES string of the molecule is C=CC(=O)O.COC(C)C(O)COC(C)CO. The third-order valence-electron chi connectivity index (χ3n) is 1.90. The van der Waals surface area contributed by atoms with E-state index >= 15 is 0 Å². The van der Waals surface area contributed by atoms with Crippen molar-refractivity contribution in [3.8, 4) is 0 Å². The average molecular weight is 250 g/mol. The Morgan fingerprint density at radius 2 is 1.94 bits per heavy atom. The van der Waals surface area contributed by atoms with Gasteiger partial charge in [-0.1, -0.05) is 6.58 Å². The van der Waals surface area contributed by atoms with Crippen LogP contribution in [0.15, 0.2) is 12.7 Å². The summed E-state index contributed by atoms with van der Waals surface area (Å²) in [6, 6.07) is 0. The second kappa shape index (κ2) is 11.5. The lowest BCUT2D eigenvalue weighted by atomic mass is 10.2. The van der Waals surface area contributed by atoms with Crippen LogP contribution in [0.2, 0.25) is 0 Å². The molecule has 0 aliphatic rings. The first-order chi connectivity index (χ1) is 7.88. The average Bonchev–Trinajstić information content (AvgIpc) is 2.34. The highest BCUT2D eigenvalue weighted by atomic mass is 16.5. The molecule has 0 amide bonds. The summed E-state index contributed by atoms with van der Waals surface area (Å²) in [7, 11) is 1.53. The van der Waals surface area contributed by atoms with Crippen LogP contribution < -0.4 is 0 Å². The van der Waals surface area contributed by atoms with Crippen molar-refractivity contribution in [1.82, 2.24) is 0 Å². The first-order valence-electron chi connectivity index (χ1n) is 5.17. The minimum Gasteiger partial charge on any atom is -0.478 e. The predicted octanol–water partition coefficient (Wildman–Crippen LogP) is 0.0366. The molecule has 0 aromatic carbocycles. The van der Waals surface area contributed by atoms with Gasteiger partial charge in [-0.25, -0.2) is 4.79 Å². The largest absolute Gasteiger partial charge is 0.478 e. The van der Waals surface area contributed by atoms with Crippen molar-refractivity contribution < 1.29 is 29.6 Å². The Balaban J connectivity index is 0. The molecule has 6 heteroatoms. The van der Waals surface area contributed by atoms with Gasteiger partial charge in [-0.2, -0.15) is 0 Å². The van der Waals surface area contributed by atoms with E-state index in [-0.39, 0.29) is 25.4 Å². The summed E-state index contributed by atoms with van der Waals surface area (Å²) in [6.45, 7) is 6.62. The Morgan fingerprint density at radius 1 is 1.47 bits per heavy atom. The number of aliphatic hydroxyl groups is 2. The van der Waals surface area contributed by atoms with Gasteiger partial charge >= 0.3 is 5.97 Å². The molecule has 3 N–H and O–H groups in total. The lowest BCUT2D eigenvalue weighted by molar-refractivity contribution is -0.131. The van der Waals surface area contributed by atoms with E-state index in [9.17, 15) is 9.90 Å². The van der Waals surface area contributed by atoms with Gasteiger partial charge in [-0.3, -0.25) is 0 Å². The van der Waals surface area contributed by atoms with Crippen LogP contribution in [-0.4, -0.2) is 59.9 Å². The number of hydrogen-bond donors (Lipinski definition) is 3. The second-order valence-corrected chi connectivity index (χ2v) is 3.38. The topological polar surface area (TPSA) is 96.2 Å². The summed E-state index contributed by atoms with van der Waals surface area (Å²) in [5, 5.41) is 25.5. The van der Waals surface area contributed by atoms with Crippen molar-refractivity contribution >= 4 is 5.97 Å². The Labute approximate surface area is 101 Å². The molecule has 0 aromatic heterocycles. The van der Waals surface area contributed by atoms with Crippen molar-refractivity contribution in [1.29, 1.82) is 0 Å². The Kier molecular flexibility index (Phi) is 12.5. The lowest BCUT2D eigenvalue weighted by Crippen LogP contribution is -2.31. The summed E-state index contributed by atoms with van der Waals surface area (Å²) in [6.07, 6.45) is -0.274. The van der Waals surface area contributed by atoms with Crippen LogP contribution in [0.3, 0.4) is 0 Å². The molecular weight excluding hydrogens is 228 g/mol. The number of aliphatic hydroxyl groups excluding tert-OH is 2. The van der Waals surface area contributed by atoms with Crippen molar-refractivity contribution in [2.24, 2.45) is 0 Å². The molecule has 0 saturated heterocycles. The van der Waals surface area contributed by atoms with Gasteiger partial charge in [-0.05, 0) is 13.8 Å². The van der Waals surface area contributed by atoms with E-state index in [4.69, 9.17) is 19.7 Å². The van der Waals surface area contributed by atoms with Crippen LogP contribution in [0.1, 0.15) is 13.8 Å². The van der Waals surface area contributed by atoms with Crippen molar-refractivity contribution in [3.63, 3.8) is 0 Å². The Bertz CT molecular complexity index is 206.